The van der Waals surface area contributed by atoms with Gasteiger partial charge in [0, 0.05) is 13.1 Å². The van der Waals surface area contributed by atoms with E-state index in [4.69, 9.17) is 10.6 Å². The van der Waals surface area contributed by atoms with Crippen molar-refractivity contribution in [3.63, 3.8) is 0 Å². The molecule has 2 unspecified atom stereocenters. The SMILES string of the molecule is C=C(C)C(NN)C1CN(CC)CCO1. The molecule has 1 aliphatic rings. The predicted octanol–water partition coefficient (Wildman–Crippen LogP) is 0.115. The van der Waals surface area contributed by atoms with Gasteiger partial charge in [0.05, 0.1) is 18.8 Å². The number of nitrogens with two attached hydrogens (primary N) is 1. The van der Waals surface area contributed by atoms with Crippen molar-refractivity contribution in [2.24, 2.45) is 5.84 Å². The number of ether oxygens (including phenoxy) is 1. The molecule has 82 valence electrons. The van der Waals surface area contributed by atoms with Gasteiger partial charge in [-0.3, -0.25) is 16.2 Å². The molecule has 1 aliphatic heterocycles. The van der Waals surface area contributed by atoms with Gasteiger partial charge >= 0.3 is 0 Å². The smallest absolute Gasteiger partial charge is 0.0906 e. The van der Waals surface area contributed by atoms with Crippen LogP contribution in [0, 0.1) is 0 Å². The summed E-state index contributed by atoms with van der Waals surface area (Å²) in [5.41, 5.74) is 3.79. The van der Waals surface area contributed by atoms with Crippen LogP contribution in [-0.4, -0.2) is 43.3 Å². The van der Waals surface area contributed by atoms with Crippen LogP contribution in [0.1, 0.15) is 13.8 Å². The lowest BCUT2D eigenvalue weighted by molar-refractivity contribution is -0.0388. The van der Waals surface area contributed by atoms with Crippen LogP contribution in [-0.2, 0) is 4.74 Å². The third kappa shape index (κ3) is 2.78. The molecule has 3 N–H and O–H groups in total. The van der Waals surface area contributed by atoms with E-state index in [0.717, 1.165) is 31.8 Å². The van der Waals surface area contributed by atoms with E-state index in [2.05, 4.69) is 23.8 Å². The number of nitrogens with one attached hydrogen (secondary N) is 1. The van der Waals surface area contributed by atoms with E-state index in [1.54, 1.807) is 0 Å². The van der Waals surface area contributed by atoms with Gasteiger partial charge < -0.3 is 4.74 Å². The zero-order valence-corrected chi connectivity index (χ0v) is 9.12. The highest BCUT2D eigenvalue weighted by molar-refractivity contribution is 5.05. The fraction of sp³-hybridized carbons (Fsp3) is 0.800. The maximum atomic E-state index is 5.68. The Labute approximate surface area is 86.1 Å². The number of hydrogen-bond donors (Lipinski definition) is 2. The summed E-state index contributed by atoms with van der Waals surface area (Å²) in [6.07, 6.45) is 0.131. The highest BCUT2D eigenvalue weighted by Crippen LogP contribution is 2.12. The molecule has 4 heteroatoms. The summed E-state index contributed by atoms with van der Waals surface area (Å²) in [4.78, 5) is 2.36. The van der Waals surface area contributed by atoms with Crippen LogP contribution in [0.25, 0.3) is 0 Å². The van der Waals surface area contributed by atoms with E-state index in [-0.39, 0.29) is 12.1 Å². The van der Waals surface area contributed by atoms with Crippen LogP contribution in [0.5, 0.6) is 0 Å². The first-order valence-corrected chi connectivity index (χ1v) is 5.14. The highest BCUT2D eigenvalue weighted by atomic mass is 16.5. The summed E-state index contributed by atoms with van der Waals surface area (Å²) in [6, 6.07) is 0.0596. The van der Waals surface area contributed by atoms with Gasteiger partial charge in [-0.2, -0.15) is 0 Å². The van der Waals surface area contributed by atoms with Crippen LogP contribution < -0.4 is 11.3 Å². The average molecular weight is 199 g/mol. The van der Waals surface area contributed by atoms with Crippen molar-refractivity contribution in [1.82, 2.24) is 10.3 Å². The van der Waals surface area contributed by atoms with Gasteiger partial charge in [-0.15, -0.1) is 0 Å². The van der Waals surface area contributed by atoms with Crippen molar-refractivity contribution in [3.8, 4) is 0 Å². The summed E-state index contributed by atoms with van der Waals surface area (Å²) in [5, 5.41) is 0. The third-order valence-corrected chi connectivity index (χ3v) is 2.71. The van der Waals surface area contributed by atoms with Gasteiger partial charge in [0.25, 0.3) is 0 Å². The fourth-order valence-corrected chi connectivity index (χ4v) is 1.79. The minimum atomic E-state index is 0.0596. The number of nitrogens with zero attached hydrogens (tertiary/aromatic N) is 1. The Morgan fingerprint density at radius 2 is 2.50 bits per heavy atom. The van der Waals surface area contributed by atoms with Gasteiger partial charge in [-0.1, -0.05) is 19.1 Å². The van der Waals surface area contributed by atoms with Gasteiger partial charge in [0.1, 0.15) is 0 Å². The molecule has 0 bridgehead atoms. The molecule has 0 aromatic heterocycles. The predicted molar refractivity (Wildman–Crippen MR) is 57.8 cm³/mol. The minimum absolute atomic E-state index is 0.0596. The molecule has 1 heterocycles. The summed E-state index contributed by atoms with van der Waals surface area (Å²) < 4.78 is 5.68. The van der Waals surface area contributed by atoms with Crippen LogP contribution in [0.2, 0.25) is 0 Å². The first kappa shape index (κ1) is 11.7. The van der Waals surface area contributed by atoms with Gasteiger partial charge in [-0.05, 0) is 13.5 Å². The Morgan fingerprint density at radius 1 is 1.79 bits per heavy atom. The second kappa shape index (κ2) is 5.46. The average Bonchev–Trinajstić information content (AvgIpc) is 2.19. The van der Waals surface area contributed by atoms with E-state index < -0.39 is 0 Å². The molecular weight excluding hydrogens is 178 g/mol. The van der Waals surface area contributed by atoms with E-state index in [1.165, 1.54) is 0 Å². The summed E-state index contributed by atoms with van der Waals surface area (Å²) in [5.74, 6) is 5.48. The van der Waals surface area contributed by atoms with Gasteiger partial charge in [-0.25, -0.2) is 0 Å². The zero-order valence-electron chi connectivity index (χ0n) is 9.12. The van der Waals surface area contributed by atoms with Gasteiger partial charge in [0.15, 0.2) is 0 Å². The van der Waals surface area contributed by atoms with Crippen molar-refractivity contribution in [3.05, 3.63) is 12.2 Å². The topological polar surface area (TPSA) is 50.5 Å². The lowest BCUT2D eigenvalue weighted by atomic mass is 10.0. The second-order valence-corrected chi connectivity index (χ2v) is 3.79. The Kier molecular flexibility index (Phi) is 4.54. The van der Waals surface area contributed by atoms with E-state index in [1.807, 2.05) is 6.92 Å². The van der Waals surface area contributed by atoms with Crippen molar-refractivity contribution < 1.29 is 4.74 Å². The third-order valence-electron chi connectivity index (χ3n) is 2.71. The lowest BCUT2D eigenvalue weighted by Crippen LogP contribution is -2.54. The van der Waals surface area contributed by atoms with E-state index >= 15 is 0 Å². The molecule has 2 atom stereocenters. The van der Waals surface area contributed by atoms with Crippen LogP contribution in [0.15, 0.2) is 12.2 Å². The summed E-state index contributed by atoms with van der Waals surface area (Å²) >= 11 is 0. The minimum Gasteiger partial charge on any atom is -0.374 e. The summed E-state index contributed by atoms with van der Waals surface area (Å²) in [7, 11) is 0. The molecule has 0 radical (unpaired) electrons. The van der Waals surface area contributed by atoms with Crippen molar-refractivity contribution in [2.45, 2.75) is 26.0 Å². The van der Waals surface area contributed by atoms with E-state index in [0.29, 0.717) is 0 Å². The molecule has 1 saturated heterocycles. The summed E-state index contributed by atoms with van der Waals surface area (Å²) in [6.45, 7) is 11.8. The molecule has 1 fully saturated rings. The molecule has 0 aliphatic carbocycles. The second-order valence-electron chi connectivity index (χ2n) is 3.79. The van der Waals surface area contributed by atoms with Crippen LogP contribution in [0.3, 0.4) is 0 Å². The normalized spacial score (nSPS) is 26.1. The quantitative estimate of drug-likeness (QED) is 0.383. The van der Waals surface area contributed by atoms with Crippen molar-refractivity contribution >= 4 is 0 Å². The molecule has 0 amide bonds. The Hall–Kier alpha value is -0.420. The van der Waals surface area contributed by atoms with Gasteiger partial charge in [0.2, 0.25) is 0 Å². The number of morpholine rings is 1. The van der Waals surface area contributed by atoms with Crippen LogP contribution >= 0.6 is 0 Å². The molecular formula is C10H21N3O. The fourth-order valence-electron chi connectivity index (χ4n) is 1.79. The zero-order chi connectivity index (χ0) is 10.6. The molecule has 0 aromatic carbocycles. The molecule has 4 nitrogen and oxygen atoms in total. The molecule has 0 aromatic rings. The Bertz CT molecular complexity index is 196. The Balaban J connectivity index is 2.53. The van der Waals surface area contributed by atoms with Crippen molar-refractivity contribution in [1.29, 1.82) is 0 Å². The standard InChI is InChI=1S/C10H21N3O/c1-4-13-5-6-14-9(7-13)10(12-11)8(2)3/h9-10,12H,2,4-7,11H2,1,3H3. The largest absolute Gasteiger partial charge is 0.374 e. The number of rotatable bonds is 4. The lowest BCUT2D eigenvalue weighted by Gasteiger charge is -2.36. The number of likely N-dealkylation sites (N-methyl/N-ethyl adjacent to an activating group) is 1. The number of hydrogen-bond acceptors (Lipinski definition) is 4. The monoisotopic (exact) mass is 199 g/mol. The van der Waals surface area contributed by atoms with E-state index in [9.17, 15) is 0 Å². The van der Waals surface area contributed by atoms with Crippen molar-refractivity contribution in [2.75, 3.05) is 26.2 Å². The maximum absolute atomic E-state index is 5.68. The molecule has 0 saturated carbocycles. The maximum Gasteiger partial charge on any atom is 0.0906 e. The molecule has 0 spiro atoms. The first-order valence-electron chi connectivity index (χ1n) is 5.14. The molecule has 1 rings (SSSR count). The highest BCUT2D eigenvalue weighted by Gasteiger charge is 2.27. The Morgan fingerprint density at radius 3 is 3.00 bits per heavy atom. The van der Waals surface area contributed by atoms with Crippen LogP contribution in [0.4, 0.5) is 0 Å². The first-order chi connectivity index (χ1) is 6.69. The molecule has 14 heavy (non-hydrogen) atoms. The number of hydrazine groups is 1.